The molecule has 0 aliphatic heterocycles. The van der Waals surface area contributed by atoms with Gasteiger partial charge in [0.15, 0.2) is 11.5 Å². The highest BCUT2D eigenvalue weighted by molar-refractivity contribution is 5.25. The third-order valence-electron chi connectivity index (χ3n) is 1.71. The monoisotopic (exact) mass is 229 g/mol. The van der Waals surface area contributed by atoms with Gasteiger partial charge in [0.25, 0.3) is 6.43 Å². The molecule has 0 saturated heterocycles. The Bertz CT molecular complexity index is 370. The Labute approximate surface area is 80.7 Å². The number of pyridine rings is 1. The number of nitrogens with zero attached hydrogens (tertiary/aromatic N) is 1. The lowest BCUT2D eigenvalue weighted by Gasteiger charge is -2.10. The Morgan fingerprint density at radius 1 is 1.27 bits per heavy atom. The van der Waals surface area contributed by atoms with Crippen molar-refractivity contribution in [2.24, 2.45) is 0 Å². The van der Waals surface area contributed by atoms with Gasteiger partial charge in [-0.2, -0.15) is 13.2 Å². The Hall–Kier alpha value is -1.27. The number of hydrogen-bond donors (Lipinski definition) is 0. The van der Waals surface area contributed by atoms with Gasteiger partial charge in [-0.05, 0) is 13.0 Å². The highest BCUT2D eigenvalue weighted by atomic mass is 19.4. The van der Waals surface area contributed by atoms with Crippen LogP contribution in [0, 0.1) is 12.7 Å². The van der Waals surface area contributed by atoms with E-state index >= 15 is 0 Å². The van der Waals surface area contributed by atoms with Crippen molar-refractivity contribution >= 4 is 0 Å². The largest absolute Gasteiger partial charge is 0.436 e. The van der Waals surface area contributed by atoms with Gasteiger partial charge in [0.05, 0.1) is 0 Å². The number of halogens is 6. The van der Waals surface area contributed by atoms with Gasteiger partial charge in [-0.15, -0.1) is 0 Å². The summed E-state index contributed by atoms with van der Waals surface area (Å²) in [5.74, 6) is -1.79. The average molecular weight is 229 g/mol. The molecule has 0 unspecified atom stereocenters. The zero-order chi connectivity index (χ0) is 11.8. The molecule has 0 aromatic carbocycles. The minimum Gasteiger partial charge on any atom is -0.245 e. The summed E-state index contributed by atoms with van der Waals surface area (Å²) in [7, 11) is 0. The highest BCUT2D eigenvalue weighted by Gasteiger charge is 2.37. The molecular formula is C8H5F6N. The second kappa shape index (κ2) is 3.71. The number of hydrogen-bond acceptors (Lipinski definition) is 1. The molecule has 0 amide bonds. The van der Waals surface area contributed by atoms with E-state index in [1.165, 1.54) is 0 Å². The minimum atomic E-state index is -4.98. The maximum Gasteiger partial charge on any atom is 0.436 e. The van der Waals surface area contributed by atoms with Gasteiger partial charge in [0.1, 0.15) is 0 Å². The molecule has 0 radical (unpaired) electrons. The predicted octanol–water partition coefficient (Wildman–Crippen LogP) is 3.49. The summed E-state index contributed by atoms with van der Waals surface area (Å²) >= 11 is 0. The van der Waals surface area contributed by atoms with E-state index < -0.39 is 35.4 Å². The first kappa shape index (κ1) is 11.8. The van der Waals surface area contributed by atoms with E-state index in [9.17, 15) is 26.3 Å². The summed E-state index contributed by atoms with van der Waals surface area (Å²) < 4.78 is 73.3. The van der Waals surface area contributed by atoms with Gasteiger partial charge in [-0.1, -0.05) is 0 Å². The molecule has 0 aliphatic carbocycles. The van der Waals surface area contributed by atoms with Crippen LogP contribution < -0.4 is 0 Å². The highest BCUT2D eigenvalue weighted by Crippen LogP contribution is 2.32. The zero-order valence-electron chi connectivity index (χ0n) is 7.37. The van der Waals surface area contributed by atoms with Gasteiger partial charge < -0.3 is 0 Å². The van der Waals surface area contributed by atoms with Crippen LogP contribution in [0.5, 0.6) is 0 Å². The van der Waals surface area contributed by atoms with E-state index in [4.69, 9.17) is 0 Å². The van der Waals surface area contributed by atoms with Gasteiger partial charge >= 0.3 is 6.18 Å². The van der Waals surface area contributed by atoms with Crippen LogP contribution in [-0.4, -0.2) is 4.98 Å². The van der Waals surface area contributed by atoms with Gasteiger partial charge in [0.2, 0.25) is 0 Å². The van der Waals surface area contributed by atoms with Crippen LogP contribution in [0.4, 0.5) is 26.3 Å². The van der Waals surface area contributed by atoms with Crippen molar-refractivity contribution in [1.29, 1.82) is 0 Å². The fourth-order valence-corrected chi connectivity index (χ4v) is 1.01. The van der Waals surface area contributed by atoms with Crippen LogP contribution in [0.1, 0.15) is 23.4 Å². The van der Waals surface area contributed by atoms with E-state index in [0.29, 0.717) is 0 Å². The van der Waals surface area contributed by atoms with E-state index in [2.05, 4.69) is 4.98 Å². The summed E-state index contributed by atoms with van der Waals surface area (Å²) in [6.07, 6.45) is -8.02. The molecule has 84 valence electrons. The summed E-state index contributed by atoms with van der Waals surface area (Å²) in [4.78, 5) is 2.79. The van der Waals surface area contributed by atoms with Crippen LogP contribution in [-0.2, 0) is 6.18 Å². The van der Waals surface area contributed by atoms with Crippen LogP contribution in [0.2, 0.25) is 0 Å². The SMILES string of the molecule is Cc1nc(C(F)(F)F)c(F)cc1C(F)F. The summed E-state index contributed by atoms with van der Waals surface area (Å²) in [5.41, 5.74) is -3.14. The normalized spacial score (nSPS) is 12.3. The van der Waals surface area contributed by atoms with E-state index in [1.807, 2.05) is 0 Å². The van der Waals surface area contributed by atoms with Crippen LogP contribution in [0.3, 0.4) is 0 Å². The number of rotatable bonds is 1. The van der Waals surface area contributed by atoms with Crippen molar-refractivity contribution in [2.45, 2.75) is 19.5 Å². The topological polar surface area (TPSA) is 12.9 Å². The molecule has 0 atom stereocenters. The molecule has 7 heteroatoms. The molecule has 1 aromatic heterocycles. The first-order chi connectivity index (χ1) is 6.73. The summed E-state index contributed by atoms with van der Waals surface area (Å²) in [6.45, 7) is 0.968. The Balaban J connectivity index is 3.32. The molecule has 1 aromatic rings. The third kappa shape index (κ3) is 2.40. The summed E-state index contributed by atoms with van der Waals surface area (Å²) in [6, 6.07) is 0.163. The van der Waals surface area contributed by atoms with E-state index in [0.717, 1.165) is 6.92 Å². The molecule has 0 spiro atoms. The maximum atomic E-state index is 12.8. The lowest BCUT2D eigenvalue weighted by Crippen LogP contribution is -2.13. The van der Waals surface area contributed by atoms with Crippen molar-refractivity contribution in [3.63, 3.8) is 0 Å². The van der Waals surface area contributed by atoms with Crippen LogP contribution in [0.25, 0.3) is 0 Å². The quantitative estimate of drug-likeness (QED) is 0.671. The van der Waals surface area contributed by atoms with Gasteiger partial charge in [-0.25, -0.2) is 18.2 Å². The zero-order valence-corrected chi connectivity index (χ0v) is 7.37. The molecule has 0 aliphatic rings. The second-order valence-electron chi connectivity index (χ2n) is 2.79. The first-order valence-electron chi connectivity index (χ1n) is 3.76. The summed E-state index contributed by atoms with van der Waals surface area (Å²) in [5, 5.41) is 0. The molecule has 0 bridgehead atoms. The van der Waals surface area contributed by atoms with E-state index in [1.54, 1.807) is 0 Å². The number of aryl methyl sites for hydroxylation is 1. The fourth-order valence-electron chi connectivity index (χ4n) is 1.01. The number of alkyl halides is 5. The average Bonchev–Trinajstić information content (AvgIpc) is 2.06. The van der Waals surface area contributed by atoms with Crippen LogP contribution >= 0.6 is 0 Å². The van der Waals surface area contributed by atoms with Crippen molar-refractivity contribution in [3.05, 3.63) is 28.8 Å². The molecule has 0 saturated carbocycles. The molecule has 1 heterocycles. The first-order valence-corrected chi connectivity index (χ1v) is 3.76. The van der Waals surface area contributed by atoms with Crippen molar-refractivity contribution < 1.29 is 26.3 Å². The van der Waals surface area contributed by atoms with Gasteiger partial charge in [-0.3, -0.25) is 0 Å². The lowest BCUT2D eigenvalue weighted by molar-refractivity contribution is -0.143. The Morgan fingerprint density at radius 3 is 2.20 bits per heavy atom. The molecule has 15 heavy (non-hydrogen) atoms. The molecule has 0 N–H and O–H groups in total. The molecule has 1 nitrogen and oxygen atoms in total. The van der Waals surface area contributed by atoms with Crippen LogP contribution in [0.15, 0.2) is 6.07 Å². The molecule has 1 rings (SSSR count). The second-order valence-corrected chi connectivity index (χ2v) is 2.79. The third-order valence-corrected chi connectivity index (χ3v) is 1.71. The number of aromatic nitrogens is 1. The minimum absolute atomic E-state index is 0.163. The Morgan fingerprint density at radius 2 is 1.80 bits per heavy atom. The van der Waals surface area contributed by atoms with E-state index in [-0.39, 0.29) is 6.07 Å². The van der Waals surface area contributed by atoms with Crippen molar-refractivity contribution in [3.8, 4) is 0 Å². The molecule has 0 fully saturated rings. The van der Waals surface area contributed by atoms with Crippen molar-refractivity contribution in [1.82, 2.24) is 4.98 Å². The Kier molecular flexibility index (Phi) is 2.92. The fraction of sp³-hybridized carbons (Fsp3) is 0.375. The van der Waals surface area contributed by atoms with Gasteiger partial charge in [0, 0.05) is 11.3 Å². The lowest BCUT2D eigenvalue weighted by atomic mass is 10.2. The predicted molar refractivity (Wildman–Crippen MR) is 38.9 cm³/mol. The standard InChI is InChI=1S/C8H5F6N/c1-3-4(7(10)11)2-5(9)6(15-3)8(12,13)14/h2,7H,1H3. The smallest absolute Gasteiger partial charge is 0.245 e. The maximum absolute atomic E-state index is 12.8. The van der Waals surface area contributed by atoms with Crippen molar-refractivity contribution in [2.75, 3.05) is 0 Å². The molecular weight excluding hydrogens is 224 g/mol.